The lowest BCUT2D eigenvalue weighted by atomic mass is 10.1. The molecule has 3 N–H and O–H groups in total. The number of nitrogens with zero attached hydrogens (tertiary/aromatic N) is 2. The first-order valence-corrected chi connectivity index (χ1v) is 7.30. The van der Waals surface area contributed by atoms with Gasteiger partial charge in [0, 0.05) is 13.6 Å². The van der Waals surface area contributed by atoms with E-state index in [1.165, 1.54) is 28.4 Å². The molecule has 2 heterocycles. The fourth-order valence-corrected chi connectivity index (χ4v) is 2.58. The Bertz CT molecular complexity index is 1030. The quantitative estimate of drug-likeness (QED) is 0.621. The van der Waals surface area contributed by atoms with Gasteiger partial charge in [0.2, 0.25) is 0 Å². The van der Waals surface area contributed by atoms with Crippen molar-refractivity contribution in [2.24, 2.45) is 7.05 Å². The van der Waals surface area contributed by atoms with Crippen molar-refractivity contribution in [3.05, 3.63) is 61.3 Å². The van der Waals surface area contributed by atoms with Crippen LogP contribution in [0.4, 0.5) is 4.39 Å². The summed E-state index contributed by atoms with van der Waals surface area (Å²) in [6, 6.07) is 6.18. The number of hydrogen-bond acceptors (Lipinski definition) is 4. The van der Waals surface area contributed by atoms with Gasteiger partial charge in [-0.1, -0.05) is 12.1 Å². The van der Waals surface area contributed by atoms with Gasteiger partial charge in [-0.2, -0.15) is 0 Å². The number of aromatic nitrogens is 4. The molecule has 0 radical (unpaired) electrons. The molecule has 0 aliphatic heterocycles. The monoisotopic (exact) mass is 335 g/mol. The highest BCUT2D eigenvalue weighted by molar-refractivity contribution is 7.71. The van der Waals surface area contributed by atoms with Crippen LogP contribution in [0.2, 0.25) is 0 Å². The third kappa shape index (κ3) is 2.82. The molecule has 7 nitrogen and oxygen atoms in total. The normalized spacial score (nSPS) is 11.0. The van der Waals surface area contributed by atoms with Gasteiger partial charge in [0.1, 0.15) is 11.5 Å². The van der Waals surface area contributed by atoms with Crippen LogP contribution in [0.15, 0.2) is 33.9 Å². The maximum atomic E-state index is 12.9. The van der Waals surface area contributed by atoms with E-state index in [0.29, 0.717) is 18.6 Å². The lowest BCUT2D eigenvalue weighted by Gasteiger charge is -2.08. The largest absolute Gasteiger partial charge is 0.329 e. The summed E-state index contributed by atoms with van der Waals surface area (Å²) in [6.07, 6.45) is 0.623. The highest BCUT2D eigenvalue weighted by Crippen LogP contribution is 2.06. The maximum absolute atomic E-state index is 12.9. The molecule has 0 atom stereocenters. The zero-order valence-electron chi connectivity index (χ0n) is 12.2. The predicted octanol–water partition coefficient (Wildman–Crippen LogP) is 1.01. The van der Waals surface area contributed by atoms with Crippen LogP contribution >= 0.6 is 12.2 Å². The zero-order valence-corrected chi connectivity index (χ0v) is 13.0. The Labute approximate surface area is 134 Å². The Balaban J connectivity index is 1.89. The molecule has 9 heteroatoms. The van der Waals surface area contributed by atoms with E-state index in [-0.39, 0.29) is 16.1 Å². The molecule has 0 fully saturated rings. The summed E-state index contributed by atoms with van der Waals surface area (Å²) in [5.41, 5.74) is 3.54. The lowest BCUT2D eigenvalue weighted by molar-refractivity contribution is 0.627. The summed E-state index contributed by atoms with van der Waals surface area (Å²) in [7, 11) is 1.54. The molecule has 0 aliphatic carbocycles. The first-order chi connectivity index (χ1) is 11.0. The fraction of sp³-hybridized carbons (Fsp3) is 0.214. The van der Waals surface area contributed by atoms with Crippen LogP contribution in [0.25, 0.3) is 11.2 Å². The number of halogens is 1. The van der Waals surface area contributed by atoms with Gasteiger partial charge < -0.3 is 10.4 Å². The fourth-order valence-electron chi connectivity index (χ4n) is 2.33. The molecule has 0 unspecified atom stereocenters. The summed E-state index contributed by atoms with van der Waals surface area (Å²) in [5, 5.41) is 0. The number of nitrogens with one attached hydrogen (secondary N) is 3. The lowest BCUT2D eigenvalue weighted by Crippen LogP contribution is -2.30. The van der Waals surface area contributed by atoms with Gasteiger partial charge in [0.25, 0.3) is 5.56 Å². The predicted molar refractivity (Wildman–Crippen MR) is 87.3 cm³/mol. The van der Waals surface area contributed by atoms with E-state index in [4.69, 9.17) is 12.2 Å². The highest BCUT2D eigenvalue weighted by Gasteiger charge is 2.12. The van der Waals surface area contributed by atoms with Crippen molar-refractivity contribution in [3.8, 4) is 0 Å². The number of aromatic amines is 2. The summed E-state index contributed by atoms with van der Waals surface area (Å²) >= 11 is 5.19. The second-order valence-corrected chi connectivity index (χ2v) is 5.45. The average molecular weight is 335 g/mol. The second-order valence-electron chi connectivity index (χ2n) is 5.07. The van der Waals surface area contributed by atoms with E-state index in [2.05, 4.69) is 15.4 Å². The Morgan fingerprint density at radius 1 is 1.22 bits per heavy atom. The van der Waals surface area contributed by atoms with Crippen LogP contribution in [0.1, 0.15) is 5.56 Å². The van der Waals surface area contributed by atoms with Crippen molar-refractivity contribution in [2.75, 3.05) is 12.0 Å². The molecule has 0 saturated carbocycles. The Hall–Kier alpha value is -2.68. The molecule has 2 aromatic heterocycles. The Kier molecular flexibility index (Phi) is 3.87. The number of fused-ring (bicyclic) bond motifs is 1. The highest BCUT2D eigenvalue weighted by atomic mass is 32.1. The van der Waals surface area contributed by atoms with Gasteiger partial charge in [0.05, 0.1) is 0 Å². The molecule has 3 rings (SSSR count). The van der Waals surface area contributed by atoms with Gasteiger partial charge in [-0.05, 0) is 36.3 Å². The van der Waals surface area contributed by atoms with Crippen molar-refractivity contribution >= 4 is 23.4 Å². The average Bonchev–Trinajstić information content (AvgIpc) is 2.85. The maximum Gasteiger partial charge on any atom is 0.329 e. The number of hydrogen-bond donors (Lipinski definition) is 3. The summed E-state index contributed by atoms with van der Waals surface area (Å²) < 4.78 is 15.9. The standard InChI is InChI=1S/C14H14FN5O2S/c1-19-11-10(12(21)18-13(19)22)20(14(23)17-11)16-7-6-8-2-4-9(15)5-3-8/h2-5,16H,6-7H2,1H3,(H,17,23)(H,18,21,22). The third-order valence-electron chi connectivity index (χ3n) is 3.55. The van der Waals surface area contributed by atoms with E-state index in [0.717, 1.165) is 5.56 Å². The van der Waals surface area contributed by atoms with E-state index in [9.17, 15) is 14.0 Å². The summed E-state index contributed by atoms with van der Waals surface area (Å²) in [5.74, 6) is -0.284. The van der Waals surface area contributed by atoms with Crippen molar-refractivity contribution in [1.29, 1.82) is 0 Å². The van der Waals surface area contributed by atoms with Crippen molar-refractivity contribution in [2.45, 2.75) is 6.42 Å². The number of aryl methyl sites for hydroxylation is 1. The van der Waals surface area contributed by atoms with Gasteiger partial charge in [-0.25, -0.2) is 13.9 Å². The molecule has 23 heavy (non-hydrogen) atoms. The van der Waals surface area contributed by atoms with Crippen LogP contribution in [0.3, 0.4) is 0 Å². The van der Waals surface area contributed by atoms with Gasteiger partial charge >= 0.3 is 5.69 Å². The molecule has 0 bridgehead atoms. The zero-order chi connectivity index (χ0) is 16.6. The molecule has 0 spiro atoms. The number of imidazole rings is 1. The number of rotatable bonds is 4. The molecule has 3 aromatic rings. The van der Waals surface area contributed by atoms with Crippen LogP contribution in [-0.4, -0.2) is 25.8 Å². The van der Waals surface area contributed by atoms with E-state index < -0.39 is 11.2 Å². The topological polar surface area (TPSA) is 87.6 Å². The molecule has 0 saturated heterocycles. The van der Waals surface area contributed by atoms with Crippen molar-refractivity contribution < 1.29 is 4.39 Å². The van der Waals surface area contributed by atoms with Gasteiger partial charge in [-0.3, -0.25) is 14.3 Å². The minimum Gasteiger partial charge on any atom is -0.323 e. The van der Waals surface area contributed by atoms with Crippen LogP contribution < -0.4 is 16.7 Å². The summed E-state index contributed by atoms with van der Waals surface area (Å²) in [6.45, 7) is 0.481. The van der Waals surface area contributed by atoms with Gasteiger partial charge in [-0.15, -0.1) is 0 Å². The first-order valence-electron chi connectivity index (χ1n) is 6.90. The van der Waals surface area contributed by atoms with Crippen LogP contribution in [-0.2, 0) is 13.5 Å². The second kappa shape index (κ2) is 5.84. The Morgan fingerprint density at radius 2 is 1.91 bits per heavy atom. The Morgan fingerprint density at radius 3 is 2.61 bits per heavy atom. The number of H-pyrrole nitrogens is 2. The molecule has 0 aliphatic rings. The minimum absolute atomic E-state index is 0.246. The summed E-state index contributed by atoms with van der Waals surface area (Å²) in [4.78, 5) is 28.7. The molecular weight excluding hydrogens is 321 g/mol. The first kappa shape index (κ1) is 15.2. The smallest absolute Gasteiger partial charge is 0.323 e. The van der Waals surface area contributed by atoms with Crippen LogP contribution in [0, 0.1) is 10.6 Å². The molecular formula is C14H14FN5O2S. The SMILES string of the molecule is Cn1c(=O)[nH]c(=O)c2c1[nH]c(=S)n2NCCc1ccc(F)cc1. The van der Waals surface area contributed by atoms with Crippen molar-refractivity contribution in [3.63, 3.8) is 0 Å². The minimum atomic E-state index is -0.523. The molecule has 1 aromatic carbocycles. The number of benzene rings is 1. The van der Waals surface area contributed by atoms with E-state index >= 15 is 0 Å². The third-order valence-corrected chi connectivity index (χ3v) is 3.83. The molecule has 0 amide bonds. The van der Waals surface area contributed by atoms with Crippen molar-refractivity contribution in [1.82, 2.24) is 19.2 Å². The van der Waals surface area contributed by atoms with E-state index in [1.54, 1.807) is 12.1 Å². The van der Waals surface area contributed by atoms with Crippen LogP contribution in [0.5, 0.6) is 0 Å². The van der Waals surface area contributed by atoms with E-state index in [1.807, 2.05) is 0 Å². The molecule has 120 valence electrons. The van der Waals surface area contributed by atoms with Gasteiger partial charge in [0.15, 0.2) is 10.3 Å².